The molecule has 0 saturated heterocycles. The van der Waals surface area contributed by atoms with Crippen molar-refractivity contribution >= 4 is 23.4 Å². The van der Waals surface area contributed by atoms with Gasteiger partial charge in [0.1, 0.15) is 0 Å². The van der Waals surface area contributed by atoms with E-state index in [-0.39, 0.29) is 17.6 Å². The molecule has 0 spiro atoms. The molecule has 7 heteroatoms. The van der Waals surface area contributed by atoms with Gasteiger partial charge in [-0.3, -0.25) is 4.79 Å². The fraction of sp³-hybridized carbons (Fsp3) is 0.400. The van der Waals surface area contributed by atoms with Crippen molar-refractivity contribution < 1.29 is 14.3 Å². The Morgan fingerprint density at radius 3 is 2.56 bits per heavy atom. The van der Waals surface area contributed by atoms with Crippen LogP contribution in [0.15, 0.2) is 36.4 Å². The van der Waals surface area contributed by atoms with E-state index in [1.54, 1.807) is 37.3 Å². The van der Waals surface area contributed by atoms with Crippen molar-refractivity contribution in [2.24, 2.45) is 0 Å². The Hall–Kier alpha value is -2.96. The minimum Gasteiger partial charge on any atom is -0.462 e. The van der Waals surface area contributed by atoms with Gasteiger partial charge in [-0.15, -0.1) is 10.2 Å². The number of benzene rings is 1. The molecule has 1 heterocycles. The Balaban J connectivity index is 1.66. The Kier molecular flexibility index (Phi) is 6.35. The van der Waals surface area contributed by atoms with Gasteiger partial charge in [0.25, 0.3) is 5.91 Å². The van der Waals surface area contributed by atoms with Gasteiger partial charge in [-0.25, -0.2) is 4.79 Å². The average Bonchev–Trinajstić information content (AvgIpc) is 2.70. The minimum absolute atomic E-state index is 0.201. The van der Waals surface area contributed by atoms with Crippen molar-refractivity contribution in [1.29, 1.82) is 0 Å². The monoisotopic (exact) mass is 368 g/mol. The molecule has 2 N–H and O–H groups in total. The third kappa shape index (κ3) is 5.03. The van der Waals surface area contributed by atoms with Gasteiger partial charge in [0.15, 0.2) is 11.5 Å². The second-order valence-corrected chi connectivity index (χ2v) is 6.50. The number of para-hydroxylation sites is 1. The molecule has 1 amide bonds. The summed E-state index contributed by atoms with van der Waals surface area (Å²) in [5.41, 5.74) is 1.27. The molecule has 0 atom stereocenters. The molecule has 142 valence electrons. The Labute approximate surface area is 158 Å². The topological polar surface area (TPSA) is 93.2 Å². The number of carbonyl (C=O) groups is 2. The van der Waals surface area contributed by atoms with Crippen LogP contribution in [0.3, 0.4) is 0 Å². The molecule has 1 aliphatic carbocycles. The lowest BCUT2D eigenvalue weighted by molar-refractivity contribution is 0.0527. The zero-order chi connectivity index (χ0) is 19.1. The van der Waals surface area contributed by atoms with Crippen molar-refractivity contribution in [2.75, 3.05) is 11.9 Å². The molecule has 0 radical (unpaired) electrons. The molecular formula is C20H24N4O3. The molecule has 1 aromatic carbocycles. The number of carbonyl (C=O) groups excluding carboxylic acids is 2. The van der Waals surface area contributed by atoms with Gasteiger partial charge >= 0.3 is 5.97 Å². The van der Waals surface area contributed by atoms with Crippen molar-refractivity contribution in [2.45, 2.75) is 45.1 Å². The fourth-order valence-electron chi connectivity index (χ4n) is 3.14. The first-order chi connectivity index (χ1) is 13.2. The number of ether oxygens (including phenoxy) is 1. The van der Waals surface area contributed by atoms with E-state index in [0.29, 0.717) is 23.7 Å². The van der Waals surface area contributed by atoms with Crippen LogP contribution in [0.1, 0.15) is 59.9 Å². The van der Waals surface area contributed by atoms with E-state index >= 15 is 0 Å². The Bertz CT molecular complexity index is 786. The van der Waals surface area contributed by atoms with Crippen LogP contribution in [0.5, 0.6) is 0 Å². The van der Waals surface area contributed by atoms with Gasteiger partial charge in [0, 0.05) is 6.04 Å². The van der Waals surface area contributed by atoms with Crippen LogP contribution in [0, 0.1) is 0 Å². The SMILES string of the molecule is CCOC(=O)c1ccccc1Nc1ccc(C(=O)NC2CCCCC2)nn1. The van der Waals surface area contributed by atoms with Crippen molar-refractivity contribution in [3.8, 4) is 0 Å². The Morgan fingerprint density at radius 1 is 1.07 bits per heavy atom. The number of anilines is 2. The zero-order valence-electron chi connectivity index (χ0n) is 15.4. The molecule has 27 heavy (non-hydrogen) atoms. The first-order valence-corrected chi connectivity index (χ1v) is 9.35. The van der Waals surface area contributed by atoms with Gasteiger partial charge in [-0.2, -0.15) is 0 Å². The summed E-state index contributed by atoms with van der Waals surface area (Å²) in [7, 11) is 0. The predicted octanol–water partition coefficient (Wildman–Crippen LogP) is 3.46. The number of amides is 1. The molecule has 1 fully saturated rings. The van der Waals surface area contributed by atoms with Crippen molar-refractivity contribution in [1.82, 2.24) is 15.5 Å². The molecule has 7 nitrogen and oxygen atoms in total. The summed E-state index contributed by atoms with van der Waals surface area (Å²) in [4.78, 5) is 24.3. The lowest BCUT2D eigenvalue weighted by Crippen LogP contribution is -2.36. The summed E-state index contributed by atoms with van der Waals surface area (Å²) in [6, 6.07) is 10.5. The van der Waals surface area contributed by atoms with Crippen LogP contribution in [-0.4, -0.2) is 34.7 Å². The van der Waals surface area contributed by atoms with Gasteiger partial charge in [0.05, 0.1) is 17.9 Å². The summed E-state index contributed by atoms with van der Waals surface area (Å²) in [6.45, 7) is 2.06. The van der Waals surface area contributed by atoms with Gasteiger partial charge in [-0.1, -0.05) is 31.4 Å². The molecule has 1 aliphatic rings. The third-order valence-electron chi connectivity index (χ3n) is 4.52. The highest BCUT2D eigenvalue weighted by molar-refractivity contribution is 5.96. The van der Waals surface area contributed by atoms with E-state index in [2.05, 4.69) is 20.8 Å². The average molecular weight is 368 g/mol. The lowest BCUT2D eigenvalue weighted by atomic mass is 9.95. The molecule has 0 aliphatic heterocycles. The van der Waals surface area contributed by atoms with Crippen LogP contribution in [0.2, 0.25) is 0 Å². The largest absolute Gasteiger partial charge is 0.462 e. The Morgan fingerprint density at radius 2 is 1.85 bits per heavy atom. The highest BCUT2D eigenvalue weighted by atomic mass is 16.5. The number of nitrogens with one attached hydrogen (secondary N) is 2. The standard InChI is InChI=1S/C20H24N4O3/c1-2-27-20(26)15-10-6-7-11-16(15)22-18-13-12-17(23-24-18)19(25)21-14-8-4-3-5-9-14/h6-7,10-14H,2-5,8-9H2,1H3,(H,21,25)(H,22,24). The molecule has 0 unspecified atom stereocenters. The first-order valence-electron chi connectivity index (χ1n) is 9.35. The smallest absolute Gasteiger partial charge is 0.340 e. The normalized spacial score (nSPS) is 14.4. The predicted molar refractivity (Wildman–Crippen MR) is 102 cm³/mol. The highest BCUT2D eigenvalue weighted by Gasteiger charge is 2.18. The third-order valence-corrected chi connectivity index (χ3v) is 4.52. The molecule has 1 saturated carbocycles. The number of hydrogen-bond donors (Lipinski definition) is 2. The van der Waals surface area contributed by atoms with E-state index in [0.717, 1.165) is 25.7 Å². The van der Waals surface area contributed by atoms with E-state index in [4.69, 9.17) is 4.74 Å². The van der Waals surface area contributed by atoms with Crippen LogP contribution < -0.4 is 10.6 Å². The molecule has 0 bridgehead atoms. The number of hydrogen-bond acceptors (Lipinski definition) is 6. The van der Waals surface area contributed by atoms with E-state index < -0.39 is 5.97 Å². The second kappa shape index (κ2) is 9.12. The summed E-state index contributed by atoms with van der Waals surface area (Å²) < 4.78 is 5.06. The van der Waals surface area contributed by atoms with Gasteiger partial charge < -0.3 is 15.4 Å². The molecule has 3 rings (SSSR count). The van der Waals surface area contributed by atoms with E-state index in [1.165, 1.54) is 6.42 Å². The molecule has 1 aromatic heterocycles. The van der Waals surface area contributed by atoms with Crippen LogP contribution in [0.25, 0.3) is 0 Å². The number of esters is 1. The van der Waals surface area contributed by atoms with Crippen molar-refractivity contribution in [3.63, 3.8) is 0 Å². The quantitative estimate of drug-likeness (QED) is 0.759. The summed E-state index contributed by atoms with van der Waals surface area (Å²) >= 11 is 0. The lowest BCUT2D eigenvalue weighted by Gasteiger charge is -2.22. The van der Waals surface area contributed by atoms with E-state index in [1.807, 2.05) is 6.07 Å². The first kappa shape index (κ1) is 18.8. The second-order valence-electron chi connectivity index (χ2n) is 6.50. The summed E-state index contributed by atoms with van der Waals surface area (Å²) in [5, 5.41) is 14.1. The van der Waals surface area contributed by atoms with Gasteiger partial charge in [-0.05, 0) is 44.0 Å². The number of rotatable bonds is 6. The number of aromatic nitrogens is 2. The molecule has 2 aromatic rings. The van der Waals surface area contributed by atoms with Crippen molar-refractivity contribution in [3.05, 3.63) is 47.7 Å². The van der Waals surface area contributed by atoms with E-state index in [9.17, 15) is 9.59 Å². The summed E-state index contributed by atoms with van der Waals surface area (Å²) in [6.07, 6.45) is 5.57. The maximum Gasteiger partial charge on any atom is 0.340 e. The van der Waals surface area contributed by atoms with Crippen LogP contribution in [-0.2, 0) is 4.74 Å². The minimum atomic E-state index is -0.406. The maximum absolute atomic E-state index is 12.3. The zero-order valence-corrected chi connectivity index (χ0v) is 15.4. The highest BCUT2D eigenvalue weighted by Crippen LogP contribution is 2.21. The van der Waals surface area contributed by atoms with Crippen LogP contribution in [0.4, 0.5) is 11.5 Å². The molecular weight excluding hydrogens is 344 g/mol. The maximum atomic E-state index is 12.3. The number of nitrogens with zero attached hydrogens (tertiary/aromatic N) is 2. The fourth-order valence-corrected chi connectivity index (χ4v) is 3.14. The summed E-state index contributed by atoms with van der Waals surface area (Å²) in [5.74, 6) is -0.161. The van der Waals surface area contributed by atoms with Gasteiger partial charge in [0.2, 0.25) is 0 Å². The van der Waals surface area contributed by atoms with Crippen LogP contribution >= 0.6 is 0 Å².